The molecule has 0 aliphatic carbocycles. The van der Waals surface area contributed by atoms with Crippen molar-refractivity contribution < 1.29 is 13.2 Å². The van der Waals surface area contributed by atoms with E-state index in [2.05, 4.69) is 10.2 Å². The molecule has 136 valence electrons. The molecule has 23 heavy (non-hydrogen) atoms. The Morgan fingerprint density at radius 2 is 1.74 bits per heavy atom. The predicted octanol–water partition coefficient (Wildman–Crippen LogP) is -0.414. The van der Waals surface area contributed by atoms with Gasteiger partial charge in [-0.3, -0.25) is 4.79 Å². The highest BCUT2D eigenvalue weighted by molar-refractivity contribution is 7.88. The summed E-state index contributed by atoms with van der Waals surface area (Å²) >= 11 is 0. The number of carbonyl (C=O) groups is 1. The molecule has 2 saturated heterocycles. The summed E-state index contributed by atoms with van der Waals surface area (Å²) in [5.74, 6) is 0.233. The van der Waals surface area contributed by atoms with Crippen molar-refractivity contribution in [3.05, 3.63) is 0 Å². The Morgan fingerprint density at radius 3 is 2.26 bits per heavy atom. The summed E-state index contributed by atoms with van der Waals surface area (Å²) in [7, 11) is -1.46. The van der Waals surface area contributed by atoms with Crippen LogP contribution >= 0.6 is 12.4 Å². The molecule has 0 aromatic rings. The van der Waals surface area contributed by atoms with Gasteiger partial charge in [-0.05, 0) is 25.9 Å². The highest BCUT2D eigenvalue weighted by Gasteiger charge is 2.27. The minimum atomic E-state index is -3.11. The van der Waals surface area contributed by atoms with E-state index in [1.165, 1.54) is 10.6 Å². The zero-order valence-corrected chi connectivity index (χ0v) is 15.7. The second kappa shape index (κ2) is 9.17. The summed E-state index contributed by atoms with van der Waals surface area (Å²) in [6.07, 6.45) is 3.49. The first-order valence-electron chi connectivity index (χ1n) is 8.02. The minimum Gasteiger partial charge on any atom is -0.340 e. The van der Waals surface area contributed by atoms with E-state index in [0.717, 1.165) is 58.7 Å². The van der Waals surface area contributed by atoms with Crippen LogP contribution in [0, 0.1) is 0 Å². The number of nitrogens with zero attached hydrogens (tertiary/aromatic N) is 3. The number of likely N-dealkylation sites (tertiary alicyclic amines) is 1. The molecule has 2 aliphatic rings. The molecule has 1 amide bonds. The van der Waals surface area contributed by atoms with Gasteiger partial charge in [0.2, 0.25) is 15.9 Å². The van der Waals surface area contributed by atoms with Crippen molar-refractivity contribution in [3.8, 4) is 0 Å². The standard InChI is InChI=1S/C14H28N4O3S.ClH/c1-16(22(2,20)21)13-3-8-17(9-4-13)10-5-14(19)18-11-6-15-7-12-18;/h13,15H,3-12H2,1-2H3;1H. The first-order chi connectivity index (χ1) is 10.4. The zero-order valence-electron chi connectivity index (χ0n) is 14.0. The van der Waals surface area contributed by atoms with Crippen LogP contribution in [0.15, 0.2) is 0 Å². The number of hydrogen-bond donors (Lipinski definition) is 1. The molecular weight excluding hydrogens is 340 g/mol. The lowest BCUT2D eigenvalue weighted by Crippen LogP contribution is -2.48. The normalized spacial score (nSPS) is 21.3. The van der Waals surface area contributed by atoms with Gasteiger partial charge in [0.05, 0.1) is 6.26 Å². The summed E-state index contributed by atoms with van der Waals surface area (Å²) in [5.41, 5.74) is 0. The average molecular weight is 369 g/mol. The van der Waals surface area contributed by atoms with Gasteiger partial charge >= 0.3 is 0 Å². The van der Waals surface area contributed by atoms with Gasteiger partial charge in [0, 0.05) is 52.2 Å². The van der Waals surface area contributed by atoms with E-state index >= 15 is 0 Å². The number of rotatable bonds is 5. The Balaban J connectivity index is 0.00000264. The number of sulfonamides is 1. The first-order valence-corrected chi connectivity index (χ1v) is 9.86. The topological polar surface area (TPSA) is 73.0 Å². The Labute approximate surface area is 145 Å². The van der Waals surface area contributed by atoms with Crippen molar-refractivity contribution >= 4 is 28.3 Å². The lowest BCUT2D eigenvalue weighted by atomic mass is 10.1. The minimum absolute atomic E-state index is 0. The van der Waals surface area contributed by atoms with Crippen LogP contribution in [-0.2, 0) is 14.8 Å². The molecule has 2 rings (SSSR count). The van der Waals surface area contributed by atoms with E-state index in [4.69, 9.17) is 0 Å². The van der Waals surface area contributed by atoms with E-state index in [1.54, 1.807) is 7.05 Å². The van der Waals surface area contributed by atoms with Crippen LogP contribution in [0.5, 0.6) is 0 Å². The van der Waals surface area contributed by atoms with Crippen molar-refractivity contribution in [2.24, 2.45) is 0 Å². The van der Waals surface area contributed by atoms with Crippen LogP contribution in [0.4, 0.5) is 0 Å². The van der Waals surface area contributed by atoms with Gasteiger partial charge in [0.1, 0.15) is 0 Å². The van der Waals surface area contributed by atoms with Gasteiger partial charge in [0.25, 0.3) is 0 Å². The van der Waals surface area contributed by atoms with Gasteiger partial charge < -0.3 is 15.1 Å². The number of piperidine rings is 1. The molecule has 0 aromatic heterocycles. The maximum Gasteiger partial charge on any atom is 0.223 e. The molecule has 0 spiro atoms. The molecule has 2 fully saturated rings. The number of carbonyl (C=O) groups excluding carboxylic acids is 1. The lowest BCUT2D eigenvalue weighted by molar-refractivity contribution is -0.132. The van der Waals surface area contributed by atoms with Gasteiger partial charge in [-0.25, -0.2) is 12.7 Å². The fourth-order valence-corrected chi connectivity index (χ4v) is 3.86. The molecule has 2 aliphatic heterocycles. The van der Waals surface area contributed by atoms with E-state index in [1.807, 2.05) is 4.90 Å². The van der Waals surface area contributed by atoms with Gasteiger partial charge in [0.15, 0.2) is 0 Å². The summed E-state index contributed by atoms with van der Waals surface area (Å²) in [4.78, 5) is 16.3. The third kappa shape index (κ3) is 6.19. The van der Waals surface area contributed by atoms with Crippen molar-refractivity contribution in [2.45, 2.75) is 25.3 Å². The summed E-state index contributed by atoms with van der Waals surface area (Å²) in [6, 6.07) is 0.0927. The highest BCUT2D eigenvalue weighted by atomic mass is 35.5. The third-order valence-corrected chi connectivity index (χ3v) is 6.05. The first kappa shape index (κ1) is 20.6. The molecule has 0 radical (unpaired) electrons. The van der Waals surface area contributed by atoms with Crippen LogP contribution in [-0.4, -0.2) is 93.6 Å². The summed E-state index contributed by atoms with van der Waals surface area (Å²) < 4.78 is 24.6. The van der Waals surface area contributed by atoms with Crippen molar-refractivity contribution in [1.82, 2.24) is 19.4 Å². The maximum atomic E-state index is 12.1. The molecule has 2 heterocycles. The molecule has 9 heteroatoms. The summed E-state index contributed by atoms with van der Waals surface area (Å²) in [5, 5.41) is 3.24. The third-order valence-electron chi connectivity index (χ3n) is 4.71. The monoisotopic (exact) mass is 368 g/mol. The molecule has 0 bridgehead atoms. The Bertz CT molecular complexity index is 474. The fourth-order valence-electron chi connectivity index (χ4n) is 3.10. The van der Waals surface area contributed by atoms with Crippen molar-refractivity contribution in [2.75, 3.05) is 59.1 Å². The number of amides is 1. The van der Waals surface area contributed by atoms with Crippen molar-refractivity contribution in [1.29, 1.82) is 0 Å². The SMILES string of the molecule is CN(C1CCN(CCC(=O)N2CCNCC2)CC1)S(C)(=O)=O.Cl. The smallest absolute Gasteiger partial charge is 0.223 e. The van der Waals surface area contributed by atoms with Gasteiger partial charge in [-0.15, -0.1) is 12.4 Å². The van der Waals surface area contributed by atoms with E-state index in [-0.39, 0.29) is 24.4 Å². The van der Waals surface area contributed by atoms with E-state index in [0.29, 0.717) is 6.42 Å². The Kier molecular flexibility index (Phi) is 8.23. The van der Waals surface area contributed by atoms with Crippen LogP contribution in [0.1, 0.15) is 19.3 Å². The lowest BCUT2D eigenvalue weighted by Gasteiger charge is -2.36. The average Bonchev–Trinajstić information content (AvgIpc) is 2.52. The maximum absolute atomic E-state index is 12.1. The quantitative estimate of drug-likeness (QED) is 0.714. The Hall–Kier alpha value is -0.410. The zero-order chi connectivity index (χ0) is 16.2. The second-order valence-electron chi connectivity index (χ2n) is 6.23. The molecule has 0 saturated carbocycles. The molecule has 7 nitrogen and oxygen atoms in total. The number of nitrogens with one attached hydrogen (secondary N) is 1. The van der Waals surface area contributed by atoms with E-state index < -0.39 is 10.0 Å². The van der Waals surface area contributed by atoms with Gasteiger partial charge in [-0.1, -0.05) is 0 Å². The van der Waals surface area contributed by atoms with Crippen molar-refractivity contribution in [3.63, 3.8) is 0 Å². The van der Waals surface area contributed by atoms with E-state index in [9.17, 15) is 13.2 Å². The van der Waals surface area contributed by atoms with Crippen LogP contribution in [0.3, 0.4) is 0 Å². The highest BCUT2D eigenvalue weighted by Crippen LogP contribution is 2.17. The molecule has 0 aromatic carbocycles. The van der Waals surface area contributed by atoms with Crippen LogP contribution < -0.4 is 5.32 Å². The Morgan fingerprint density at radius 1 is 1.17 bits per heavy atom. The second-order valence-corrected chi connectivity index (χ2v) is 8.27. The number of halogens is 1. The molecule has 0 atom stereocenters. The number of piperazine rings is 1. The summed E-state index contributed by atoms with van der Waals surface area (Å²) in [6.45, 7) is 5.88. The number of hydrogen-bond acceptors (Lipinski definition) is 5. The molecule has 1 N–H and O–H groups in total. The predicted molar refractivity (Wildman–Crippen MR) is 93.4 cm³/mol. The van der Waals surface area contributed by atoms with Gasteiger partial charge in [-0.2, -0.15) is 0 Å². The molecular formula is C14H29ClN4O3S. The largest absolute Gasteiger partial charge is 0.340 e. The fraction of sp³-hybridized carbons (Fsp3) is 0.929. The van der Waals surface area contributed by atoms with Crippen LogP contribution in [0.25, 0.3) is 0 Å². The van der Waals surface area contributed by atoms with Crippen LogP contribution in [0.2, 0.25) is 0 Å². The molecule has 0 unspecified atom stereocenters.